The third kappa shape index (κ3) is 3.61. The topological polar surface area (TPSA) is 26.3 Å². The number of hydrogen-bond donors (Lipinski definition) is 0. The Bertz CT molecular complexity index is 508. The lowest BCUT2D eigenvalue weighted by Gasteiger charge is -2.16. The molecule has 0 aliphatic heterocycles. The van der Waals surface area contributed by atoms with E-state index in [-0.39, 0.29) is 12.1 Å². The van der Waals surface area contributed by atoms with E-state index in [1.54, 1.807) is 0 Å². The number of rotatable bonds is 4. The summed E-state index contributed by atoms with van der Waals surface area (Å²) in [6, 6.07) is 0.192. The van der Waals surface area contributed by atoms with E-state index < -0.39 is 47.4 Å². The van der Waals surface area contributed by atoms with Gasteiger partial charge in [-0.1, -0.05) is 0 Å². The highest BCUT2D eigenvalue weighted by atomic mass is 19.4. The molecule has 0 saturated carbocycles. The minimum atomic E-state index is -5.08. The van der Waals surface area contributed by atoms with E-state index in [0.29, 0.717) is 0 Å². The molecule has 0 amide bonds. The molecule has 0 fully saturated rings. The molecule has 0 N–H and O–H groups in total. The molecule has 0 atom stereocenters. The molecule has 0 spiro atoms. The number of benzene rings is 1. The Hall–Kier alpha value is -1.80. The van der Waals surface area contributed by atoms with Gasteiger partial charge in [-0.25, -0.2) is 8.78 Å². The lowest BCUT2D eigenvalue weighted by Crippen LogP contribution is -2.14. The summed E-state index contributed by atoms with van der Waals surface area (Å²) in [4.78, 5) is 11.1. The summed E-state index contributed by atoms with van der Waals surface area (Å²) in [5, 5.41) is 0. The molecule has 0 saturated heterocycles. The van der Waals surface area contributed by atoms with Gasteiger partial charge in [-0.05, 0) is 19.1 Å². The highest BCUT2D eigenvalue weighted by Gasteiger charge is 2.37. The third-order valence-corrected chi connectivity index (χ3v) is 2.29. The van der Waals surface area contributed by atoms with Gasteiger partial charge in [0.2, 0.25) is 0 Å². The molecule has 0 unspecified atom stereocenters. The summed E-state index contributed by atoms with van der Waals surface area (Å²) < 4.78 is 91.0. The first kappa shape index (κ1) is 16.3. The van der Waals surface area contributed by atoms with Gasteiger partial charge in [-0.2, -0.15) is 22.0 Å². The zero-order valence-electron chi connectivity index (χ0n) is 9.77. The van der Waals surface area contributed by atoms with Gasteiger partial charge < -0.3 is 4.74 Å². The largest absolute Gasteiger partial charge is 0.434 e. The number of halogens is 7. The van der Waals surface area contributed by atoms with E-state index in [4.69, 9.17) is 0 Å². The van der Waals surface area contributed by atoms with Crippen LogP contribution < -0.4 is 4.74 Å². The summed E-state index contributed by atoms with van der Waals surface area (Å²) in [6.45, 7) is -2.76. The Morgan fingerprint density at radius 2 is 1.70 bits per heavy atom. The molecule has 0 bridgehead atoms. The van der Waals surface area contributed by atoms with Gasteiger partial charge in [-0.3, -0.25) is 4.79 Å². The SMILES string of the molecule is CC(=O)c1cc(OC(F)F)c(C(F)F)cc1C(F)(F)F. The van der Waals surface area contributed by atoms with Crippen LogP contribution >= 0.6 is 0 Å². The molecule has 0 aliphatic carbocycles. The van der Waals surface area contributed by atoms with Crippen LogP contribution in [0.3, 0.4) is 0 Å². The van der Waals surface area contributed by atoms with E-state index in [0.717, 1.165) is 6.92 Å². The fourth-order valence-electron chi connectivity index (χ4n) is 1.49. The molecular weight excluding hydrogens is 297 g/mol. The quantitative estimate of drug-likeness (QED) is 0.607. The average molecular weight is 304 g/mol. The van der Waals surface area contributed by atoms with Crippen LogP contribution in [0.1, 0.15) is 34.8 Å². The van der Waals surface area contributed by atoms with E-state index in [1.807, 2.05) is 0 Å². The monoisotopic (exact) mass is 304 g/mol. The van der Waals surface area contributed by atoms with Gasteiger partial charge >= 0.3 is 12.8 Å². The Morgan fingerprint density at radius 3 is 2.05 bits per heavy atom. The second kappa shape index (κ2) is 5.68. The predicted octanol–water partition coefficient (Wildman–Crippen LogP) is 4.45. The third-order valence-electron chi connectivity index (χ3n) is 2.29. The maximum absolute atomic E-state index is 12.7. The number of carbonyl (C=O) groups excluding carboxylic acids is 1. The molecule has 1 aromatic carbocycles. The van der Waals surface area contributed by atoms with E-state index >= 15 is 0 Å². The summed E-state index contributed by atoms with van der Waals surface area (Å²) in [5.74, 6) is -2.27. The second-order valence-electron chi connectivity index (χ2n) is 3.67. The van der Waals surface area contributed by atoms with Gasteiger partial charge in [0.15, 0.2) is 5.78 Å². The molecule has 1 aromatic rings. The zero-order valence-corrected chi connectivity index (χ0v) is 9.77. The van der Waals surface area contributed by atoms with Crippen LogP contribution in [0, 0.1) is 0 Å². The van der Waals surface area contributed by atoms with Crippen molar-refractivity contribution in [1.29, 1.82) is 0 Å². The first-order valence-corrected chi connectivity index (χ1v) is 5.03. The second-order valence-corrected chi connectivity index (χ2v) is 3.67. The van der Waals surface area contributed by atoms with Crippen molar-refractivity contribution < 1.29 is 40.3 Å². The number of alkyl halides is 7. The molecule has 20 heavy (non-hydrogen) atoms. The Balaban J connectivity index is 3.55. The molecule has 0 radical (unpaired) electrons. The summed E-state index contributed by atoms with van der Waals surface area (Å²) in [7, 11) is 0. The van der Waals surface area contributed by atoms with Crippen molar-refractivity contribution in [3.8, 4) is 5.75 Å². The summed E-state index contributed by atoms with van der Waals surface area (Å²) >= 11 is 0. The van der Waals surface area contributed by atoms with Crippen LogP contribution in [0.2, 0.25) is 0 Å². The molecule has 9 heteroatoms. The summed E-state index contributed by atoms with van der Waals surface area (Å²) in [5.41, 5.74) is -4.00. The van der Waals surface area contributed by atoms with Crippen LogP contribution in [0.15, 0.2) is 12.1 Å². The molecule has 2 nitrogen and oxygen atoms in total. The van der Waals surface area contributed by atoms with Gasteiger partial charge in [-0.15, -0.1) is 0 Å². The number of carbonyl (C=O) groups is 1. The van der Waals surface area contributed by atoms with Crippen molar-refractivity contribution in [3.63, 3.8) is 0 Å². The zero-order chi connectivity index (χ0) is 15.7. The van der Waals surface area contributed by atoms with Gasteiger partial charge in [0.25, 0.3) is 6.43 Å². The van der Waals surface area contributed by atoms with Crippen LogP contribution in [0.25, 0.3) is 0 Å². The number of ketones is 1. The maximum atomic E-state index is 12.7. The first-order chi connectivity index (χ1) is 9.04. The molecular formula is C11H7F7O2. The molecule has 1 rings (SSSR count). The molecule has 0 aliphatic rings. The van der Waals surface area contributed by atoms with Gasteiger partial charge in [0.05, 0.1) is 11.1 Å². The van der Waals surface area contributed by atoms with E-state index in [9.17, 15) is 35.5 Å². The maximum Gasteiger partial charge on any atom is 0.417 e. The van der Waals surface area contributed by atoms with Crippen molar-refractivity contribution >= 4 is 5.78 Å². The minimum Gasteiger partial charge on any atom is -0.434 e. The van der Waals surface area contributed by atoms with Crippen LogP contribution in [-0.2, 0) is 6.18 Å². The number of ether oxygens (including phenoxy) is 1. The highest BCUT2D eigenvalue weighted by molar-refractivity contribution is 5.96. The van der Waals surface area contributed by atoms with Crippen molar-refractivity contribution in [1.82, 2.24) is 0 Å². The number of hydrogen-bond acceptors (Lipinski definition) is 2. The Labute approximate surface area is 108 Å². The van der Waals surface area contributed by atoms with E-state index in [2.05, 4.69) is 4.74 Å². The standard InChI is InChI=1S/C11H7F7O2/c1-4(19)5-3-8(20-10(14)15)6(9(12)13)2-7(5)11(16,17)18/h2-3,9-10H,1H3. The van der Waals surface area contributed by atoms with Crippen LogP contribution in [-0.4, -0.2) is 12.4 Å². The fraction of sp³-hybridized carbons (Fsp3) is 0.364. The average Bonchev–Trinajstić information content (AvgIpc) is 2.25. The van der Waals surface area contributed by atoms with Crippen molar-refractivity contribution in [2.24, 2.45) is 0 Å². The Kier molecular flexibility index (Phi) is 4.61. The molecule has 112 valence electrons. The van der Waals surface area contributed by atoms with Crippen molar-refractivity contribution in [3.05, 3.63) is 28.8 Å². The molecule has 0 aromatic heterocycles. The predicted molar refractivity (Wildman–Crippen MR) is 53.0 cm³/mol. The van der Waals surface area contributed by atoms with Crippen molar-refractivity contribution in [2.45, 2.75) is 26.1 Å². The Morgan fingerprint density at radius 1 is 1.15 bits per heavy atom. The fourth-order valence-corrected chi connectivity index (χ4v) is 1.49. The minimum absolute atomic E-state index is 0.0564. The van der Waals surface area contributed by atoms with Crippen molar-refractivity contribution in [2.75, 3.05) is 0 Å². The highest BCUT2D eigenvalue weighted by Crippen LogP contribution is 2.39. The van der Waals surface area contributed by atoms with E-state index in [1.165, 1.54) is 0 Å². The smallest absolute Gasteiger partial charge is 0.417 e. The van der Waals surface area contributed by atoms with Crippen LogP contribution in [0.5, 0.6) is 5.75 Å². The summed E-state index contributed by atoms with van der Waals surface area (Å²) in [6.07, 6.45) is -8.54. The normalized spacial score (nSPS) is 12.1. The van der Waals surface area contributed by atoms with Crippen LogP contribution in [0.4, 0.5) is 30.7 Å². The van der Waals surface area contributed by atoms with Gasteiger partial charge in [0, 0.05) is 5.56 Å². The molecule has 0 heterocycles. The first-order valence-electron chi connectivity index (χ1n) is 5.03. The lowest BCUT2D eigenvalue weighted by molar-refractivity contribution is -0.138. The lowest BCUT2D eigenvalue weighted by atomic mass is 9.99. The number of Topliss-reactive ketones (excluding diaryl/α,β-unsaturated/α-hetero) is 1. The van der Waals surface area contributed by atoms with Gasteiger partial charge in [0.1, 0.15) is 5.75 Å².